The van der Waals surface area contributed by atoms with Crippen LogP contribution in [0.25, 0.3) is 66.1 Å². The van der Waals surface area contributed by atoms with Crippen molar-refractivity contribution < 1.29 is 0 Å². The van der Waals surface area contributed by atoms with Crippen LogP contribution >= 0.6 is 0 Å². The fourth-order valence-electron chi connectivity index (χ4n) is 10.5. The molecule has 1 aliphatic rings. The fourth-order valence-corrected chi connectivity index (χ4v) is 15.9. The van der Waals surface area contributed by atoms with Crippen molar-refractivity contribution in [3.63, 3.8) is 0 Å². The van der Waals surface area contributed by atoms with Gasteiger partial charge in [-0.1, -0.05) is 224 Å². The summed E-state index contributed by atoms with van der Waals surface area (Å²) in [5.74, 6) is 0. The van der Waals surface area contributed by atoms with E-state index in [2.05, 4.69) is 266 Å². The summed E-state index contributed by atoms with van der Waals surface area (Å²) in [6, 6.07) is 96.7. The zero-order valence-electron chi connectivity index (χ0n) is 35.3. The monoisotopic (exact) mass is 829 g/mol. The van der Waals surface area contributed by atoms with Gasteiger partial charge in [0.25, 0.3) is 0 Å². The average molecular weight is 830 g/mol. The molecule has 0 saturated carbocycles. The Labute approximate surface area is 375 Å². The van der Waals surface area contributed by atoms with E-state index in [1.165, 1.54) is 86.8 Å². The first-order chi connectivity index (χ1) is 31.8. The number of rotatable bonds is 8. The van der Waals surface area contributed by atoms with Crippen LogP contribution in [0.3, 0.4) is 0 Å². The fraction of sp³-hybridized carbons (Fsp3) is 0. The van der Waals surface area contributed by atoms with Crippen LogP contribution in [-0.4, -0.2) is 8.07 Å². The molecule has 2 heteroatoms. The number of hydrogen-bond donors (Lipinski definition) is 0. The van der Waals surface area contributed by atoms with Crippen molar-refractivity contribution in [2.45, 2.75) is 0 Å². The molecule has 0 fully saturated rings. The first-order valence-electron chi connectivity index (χ1n) is 22.2. The van der Waals surface area contributed by atoms with Crippen molar-refractivity contribution in [1.29, 1.82) is 0 Å². The number of benzene rings is 11. The summed E-state index contributed by atoms with van der Waals surface area (Å²) in [6.45, 7) is 0. The second kappa shape index (κ2) is 15.7. The predicted octanol–water partition coefficient (Wildman–Crippen LogP) is 13.8. The minimum Gasteiger partial charge on any atom is -0.311 e. The molecule has 0 saturated heterocycles. The van der Waals surface area contributed by atoms with Crippen molar-refractivity contribution in [3.05, 3.63) is 261 Å². The molecule has 0 radical (unpaired) electrons. The third-order valence-corrected chi connectivity index (χ3v) is 18.2. The van der Waals surface area contributed by atoms with Gasteiger partial charge in [0, 0.05) is 17.1 Å². The molecule has 0 atom stereocenters. The maximum atomic E-state index is 2.53. The van der Waals surface area contributed by atoms with Crippen LogP contribution in [0.1, 0.15) is 0 Å². The lowest BCUT2D eigenvalue weighted by atomic mass is 9.91. The Kier molecular flexibility index (Phi) is 9.25. The molecule has 1 aliphatic heterocycles. The van der Waals surface area contributed by atoms with Crippen molar-refractivity contribution in [2.24, 2.45) is 0 Å². The lowest BCUT2D eigenvalue weighted by molar-refractivity contribution is 1.29. The standard InChI is InChI=1S/C62H43NSi/c1-5-17-44(18-6-1)45-31-36-50(37-32-45)63(51-38-33-48(34-39-51)56-30-16-23-49-22-15-29-55(61(49)56)46-19-7-2-8-20-46)52-40-42-58-59-41-35-47-21-13-14-28-57(47)62(59)64(60(58)43-52,53-24-9-3-10-25-53)54-26-11-4-12-27-54/h1-43H. The quantitative estimate of drug-likeness (QED) is 0.138. The van der Waals surface area contributed by atoms with Gasteiger partial charge < -0.3 is 4.90 Å². The third-order valence-electron chi connectivity index (χ3n) is 13.3. The van der Waals surface area contributed by atoms with Gasteiger partial charge in [0.1, 0.15) is 0 Å². The summed E-state index contributed by atoms with van der Waals surface area (Å²) < 4.78 is 0. The van der Waals surface area contributed by atoms with E-state index in [9.17, 15) is 0 Å². The van der Waals surface area contributed by atoms with E-state index in [1.54, 1.807) is 0 Å². The van der Waals surface area contributed by atoms with Gasteiger partial charge in [0.05, 0.1) is 0 Å². The highest BCUT2D eigenvalue weighted by Crippen LogP contribution is 2.42. The second-order valence-electron chi connectivity index (χ2n) is 16.8. The third kappa shape index (κ3) is 6.14. The highest BCUT2D eigenvalue weighted by molar-refractivity contribution is 7.23. The molecule has 0 N–H and O–H groups in total. The van der Waals surface area contributed by atoms with E-state index in [-0.39, 0.29) is 0 Å². The van der Waals surface area contributed by atoms with Crippen molar-refractivity contribution >= 4 is 67.4 Å². The topological polar surface area (TPSA) is 3.24 Å². The molecule has 1 nitrogen and oxygen atoms in total. The first-order valence-corrected chi connectivity index (χ1v) is 24.2. The van der Waals surface area contributed by atoms with E-state index in [1.807, 2.05) is 0 Å². The van der Waals surface area contributed by atoms with Gasteiger partial charge >= 0.3 is 0 Å². The molecular weight excluding hydrogens is 787 g/mol. The Balaban J connectivity index is 1.07. The van der Waals surface area contributed by atoms with Crippen molar-refractivity contribution in [2.75, 3.05) is 4.90 Å². The molecule has 11 aromatic carbocycles. The molecule has 12 rings (SSSR count). The lowest BCUT2D eigenvalue weighted by Crippen LogP contribution is -2.73. The number of hydrogen-bond acceptors (Lipinski definition) is 1. The molecule has 0 bridgehead atoms. The van der Waals surface area contributed by atoms with Crippen LogP contribution in [0.4, 0.5) is 17.1 Å². The molecule has 0 unspecified atom stereocenters. The van der Waals surface area contributed by atoms with Gasteiger partial charge in [-0.3, -0.25) is 0 Å². The molecule has 1 heterocycles. The SMILES string of the molecule is c1ccc(-c2ccc(N(c3ccc(-c4cccc5cccc(-c6ccccc6)c45)cc3)c3ccc4c(c3)[Si](c3ccccc3)(c3ccccc3)c3c-4ccc4ccccc34)cc2)cc1. The molecule has 0 amide bonds. The Bertz CT molecular complexity index is 3410. The van der Waals surface area contributed by atoms with Gasteiger partial charge in [-0.2, -0.15) is 0 Å². The number of anilines is 3. The van der Waals surface area contributed by atoms with E-state index >= 15 is 0 Å². The molecular formula is C62H43NSi. The summed E-state index contributed by atoms with van der Waals surface area (Å²) in [6.07, 6.45) is 0. The van der Waals surface area contributed by atoms with Crippen LogP contribution in [0, 0.1) is 0 Å². The number of fused-ring (bicyclic) bond motifs is 6. The summed E-state index contributed by atoms with van der Waals surface area (Å²) in [7, 11) is -2.86. The lowest BCUT2D eigenvalue weighted by Gasteiger charge is -2.33. The van der Waals surface area contributed by atoms with Crippen molar-refractivity contribution in [3.8, 4) is 44.5 Å². The van der Waals surface area contributed by atoms with E-state index in [0.717, 1.165) is 17.1 Å². The highest BCUT2D eigenvalue weighted by atomic mass is 28.3. The minimum absolute atomic E-state index is 1.10. The molecule has 0 aromatic heterocycles. The van der Waals surface area contributed by atoms with Gasteiger partial charge in [0.15, 0.2) is 8.07 Å². The molecule has 300 valence electrons. The van der Waals surface area contributed by atoms with Crippen LogP contribution in [0.15, 0.2) is 261 Å². The highest BCUT2D eigenvalue weighted by Gasteiger charge is 2.50. The molecule has 64 heavy (non-hydrogen) atoms. The van der Waals surface area contributed by atoms with E-state index in [4.69, 9.17) is 0 Å². The summed E-state index contributed by atoms with van der Waals surface area (Å²) in [5, 5.41) is 10.8. The minimum atomic E-state index is -2.86. The van der Waals surface area contributed by atoms with Crippen LogP contribution in [0.5, 0.6) is 0 Å². The Morgan fingerprint density at radius 1 is 0.281 bits per heavy atom. The Morgan fingerprint density at radius 3 is 1.34 bits per heavy atom. The zero-order chi connectivity index (χ0) is 42.5. The Morgan fingerprint density at radius 2 is 0.734 bits per heavy atom. The summed E-state index contributed by atoms with van der Waals surface area (Å²) in [5.41, 5.74) is 13.3. The van der Waals surface area contributed by atoms with Crippen LogP contribution < -0.4 is 25.6 Å². The molecule has 11 aromatic rings. The summed E-state index contributed by atoms with van der Waals surface area (Å²) in [4.78, 5) is 2.45. The van der Waals surface area contributed by atoms with Crippen LogP contribution in [0.2, 0.25) is 0 Å². The van der Waals surface area contributed by atoms with E-state index in [0.29, 0.717) is 0 Å². The predicted molar refractivity (Wildman–Crippen MR) is 275 cm³/mol. The normalized spacial score (nSPS) is 12.5. The molecule has 0 spiro atoms. The average Bonchev–Trinajstić information content (AvgIpc) is 3.68. The second-order valence-corrected chi connectivity index (χ2v) is 20.5. The maximum Gasteiger partial charge on any atom is 0.181 e. The first kappa shape index (κ1) is 37.7. The van der Waals surface area contributed by atoms with Gasteiger partial charge in [-0.25, -0.2) is 0 Å². The van der Waals surface area contributed by atoms with Gasteiger partial charge in [-0.15, -0.1) is 0 Å². The maximum absolute atomic E-state index is 2.86. The number of nitrogens with zero attached hydrogens (tertiary/aromatic N) is 1. The van der Waals surface area contributed by atoms with Gasteiger partial charge in [-0.05, 0) is 123 Å². The van der Waals surface area contributed by atoms with E-state index < -0.39 is 8.07 Å². The van der Waals surface area contributed by atoms with Crippen LogP contribution in [-0.2, 0) is 0 Å². The largest absolute Gasteiger partial charge is 0.311 e. The van der Waals surface area contributed by atoms with Crippen molar-refractivity contribution in [1.82, 2.24) is 0 Å². The molecule has 0 aliphatic carbocycles. The van der Waals surface area contributed by atoms with Gasteiger partial charge in [0.2, 0.25) is 0 Å². The smallest absolute Gasteiger partial charge is 0.181 e. The Hall–Kier alpha value is -8.04. The summed E-state index contributed by atoms with van der Waals surface area (Å²) >= 11 is 0. The zero-order valence-corrected chi connectivity index (χ0v) is 36.3.